The minimum atomic E-state index is -0.131. The fourth-order valence-corrected chi connectivity index (χ4v) is 3.49. The van der Waals surface area contributed by atoms with Crippen molar-refractivity contribution in [1.82, 2.24) is 24.9 Å². The van der Waals surface area contributed by atoms with Gasteiger partial charge in [-0.15, -0.1) is 10.2 Å². The monoisotopic (exact) mass is 423 g/mol. The highest BCUT2D eigenvalue weighted by Gasteiger charge is 2.18. The SMILES string of the molecule is COc1ccc(Cl)c(-c2nnc3c(C)nc4ccc(C(=O)NCC(C)C)cc4n23)c1. The van der Waals surface area contributed by atoms with Crippen LogP contribution in [0, 0.1) is 12.8 Å². The normalized spacial score (nSPS) is 11.4. The molecular formula is C22H22ClN5O2. The lowest BCUT2D eigenvalue weighted by atomic mass is 10.1. The van der Waals surface area contributed by atoms with Gasteiger partial charge in [-0.25, -0.2) is 4.98 Å². The Morgan fingerprint density at radius 2 is 2.00 bits per heavy atom. The molecule has 0 radical (unpaired) electrons. The second kappa shape index (κ2) is 7.91. The van der Waals surface area contributed by atoms with Gasteiger partial charge in [0, 0.05) is 17.7 Å². The number of nitrogens with zero attached hydrogens (tertiary/aromatic N) is 4. The molecule has 0 aliphatic heterocycles. The number of rotatable bonds is 5. The molecule has 0 saturated carbocycles. The molecule has 2 aromatic carbocycles. The van der Waals surface area contributed by atoms with Crippen molar-refractivity contribution >= 4 is 34.2 Å². The summed E-state index contributed by atoms with van der Waals surface area (Å²) in [6.45, 7) is 6.59. The van der Waals surface area contributed by atoms with Crippen LogP contribution in [0.1, 0.15) is 29.9 Å². The summed E-state index contributed by atoms with van der Waals surface area (Å²) in [5.74, 6) is 1.46. The van der Waals surface area contributed by atoms with Crippen LogP contribution >= 0.6 is 11.6 Å². The average Bonchev–Trinajstić information content (AvgIpc) is 3.18. The number of benzene rings is 2. The molecule has 0 spiro atoms. The molecule has 4 rings (SSSR count). The number of amides is 1. The summed E-state index contributed by atoms with van der Waals surface area (Å²) < 4.78 is 7.23. The van der Waals surface area contributed by atoms with Crippen molar-refractivity contribution in [3.05, 3.63) is 52.7 Å². The standard InChI is InChI=1S/C22H22ClN5O2/c1-12(2)11-24-22(29)14-5-8-18-19(9-14)28-20(13(3)25-18)26-27-21(28)16-10-15(30-4)6-7-17(16)23/h5-10,12H,11H2,1-4H3,(H,24,29). The van der Waals surface area contributed by atoms with E-state index in [9.17, 15) is 4.79 Å². The number of aryl methyl sites for hydroxylation is 1. The smallest absolute Gasteiger partial charge is 0.251 e. The Hall–Kier alpha value is -3.19. The summed E-state index contributed by atoms with van der Waals surface area (Å²) in [5, 5.41) is 12.2. The maximum Gasteiger partial charge on any atom is 0.251 e. The molecule has 4 aromatic rings. The van der Waals surface area contributed by atoms with E-state index in [-0.39, 0.29) is 5.91 Å². The van der Waals surface area contributed by atoms with Crippen LogP contribution in [-0.4, -0.2) is 39.1 Å². The van der Waals surface area contributed by atoms with E-state index in [2.05, 4.69) is 34.3 Å². The van der Waals surface area contributed by atoms with Crippen molar-refractivity contribution in [2.75, 3.05) is 13.7 Å². The highest BCUT2D eigenvalue weighted by Crippen LogP contribution is 2.32. The lowest BCUT2D eigenvalue weighted by Crippen LogP contribution is -2.27. The van der Waals surface area contributed by atoms with Crippen LogP contribution in [0.5, 0.6) is 5.75 Å². The van der Waals surface area contributed by atoms with Gasteiger partial charge in [0.15, 0.2) is 11.5 Å². The predicted octanol–water partition coefficient (Wildman–Crippen LogP) is 4.30. The zero-order chi connectivity index (χ0) is 21.4. The van der Waals surface area contributed by atoms with E-state index in [4.69, 9.17) is 16.3 Å². The Kier molecular flexibility index (Phi) is 5.30. The lowest BCUT2D eigenvalue weighted by Gasteiger charge is -2.11. The Morgan fingerprint density at radius 1 is 1.20 bits per heavy atom. The molecule has 0 aliphatic carbocycles. The van der Waals surface area contributed by atoms with Crippen LogP contribution < -0.4 is 10.1 Å². The van der Waals surface area contributed by atoms with Gasteiger partial charge in [0.2, 0.25) is 0 Å². The van der Waals surface area contributed by atoms with Gasteiger partial charge in [-0.2, -0.15) is 0 Å². The molecule has 0 aliphatic rings. The number of halogens is 1. The Balaban J connectivity index is 1.94. The number of carbonyl (C=O) groups excluding carboxylic acids is 1. The summed E-state index contributed by atoms with van der Waals surface area (Å²) in [7, 11) is 1.60. The number of methoxy groups -OCH3 is 1. The molecule has 30 heavy (non-hydrogen) atoms. The summed E-state index contributed by atoms with van der Waals surface area (Å²) in [4.78, 5) is 17.2. The lowest BCUT2D eigenvalue weighted by molar-refractivity contribution is 0.0949. The molecule has 1 N–H and O–H groups in total. The molecule has 8 heteroatoms. The zero-order valence-electron chi connectivity index (χ0n) is 17.2. The van der Waals surface area contributed by atoms with Crippen LogP contribution in [0.2, 0.25) is 5.02 Å². The third-order valence-electron chi connectivity index (χ3n) is 4.84. The molecule has 0 fully saturated rings. The Bertz CT molecular complexity index is 1270. The van der Waals surface area contributed by atoms with E-state index in [0.717, 1.165) is 16.7 Å². The molecule has 0 bridgehead atoms. The van der Waals surface area contributed by atoms with Crippen molar-refractivity contribution in [1.29, 1.82) is 0 Å². The molecule has 2 heterocycles. The van der Waals surface area contributed by atoms with Gasteiger partial charge < -0.3 is 10.1 Å². The van der Waals surface area contributed by atoms with Gasteiger partial charge in [0.1, 0.15) is 5.75 Å². The summed E-state index contributed by atoms with van der Waals surface area (Å²) in [6.07, 6.45) is 0. The van der Waals surface area contributed by atoms with Crippen LogP contribution in [-0.2, 0) is 0 Å². The van der Waals surface area contributed by atoms with Gasteiger partial charge in [0.25, 0.3) is 5.91 Å². The molecule has 2 aromatic heterocycles. The molecular weight excluding hydrogens is 402 g/mol. The first-order valence-corrected chi connectivity index (χ1v) is 10.0. The largest absolute Gasteiger partial charge is 0.497 e. The fourth-order valence-electron chi connectivity index (χ4n) is 3.29. The minimum Gasteiger partial charge on any atom is -0.497 e. The predicted molar refractivity (Wildman–Crippen MR) is 117 cm³/mol. The quantitative estimate of drug-likeness (QED) is 0.517. The fraction of sp³-hybridized carbons (Fsp3) is 0.273. The summed E-state index contributed by atoms with van der Waals surface area (Å²) >= 11 is 6.47. The molecule has 0 unspecified atom stereocenters. The molecule has 0 atom stereocenters. The average molecular weight is 424 g/mol. The topological polar surface area (TPSA) is 81.4 Å². The van der Waals surface area contributed by atoms with Crippen molar-refractivity contribution < 1.29 is 9.53 Å². The number of hydrogen-bond acceptors (Lipinski definition) is 5. The maximum atomic E-state index is 12.6. The highest BCUT2D eigenvalue weighted by molar-refractivity contribution is 6.33. The van der Waals surface area contributed by atoms with Gasteiger partial charge in [0.05, 0.1) is 28.9 Å². The Labute approximate surface area is 179 Å². The molecule has 7 nitrogen and oxygen atoms in total. The van der Waals surface area contributed by atoms with E-state index in [0.29, 0.717) is 45.8 Å². The van der Waals surface area contributed by atoms with Crippen molar-refractivity contribution in [2.45, 2.75) is 20.8 Å². The second-order valence-electron chi connectivity index (χ2n) is 7.53. The summed E-state index contributed by atoms with van der Waals surface area (Å²) in [6, 6.07) is 10.8. The van der Waals surface area contributed by atoms with E-state index in [1.807, 2.05) is 29.5 Å². The molecule has 154 valence electrons. The third-order valence-corrected chi connectivity index (χ3v) is 5.17. The van der Waals surface area contributed by atoms with Crippen LogP contribution in [0.3, 0.4) is 0 Å². The Morgan fingerprint density at radius 3 is 2.73 bits per heavy atom. The third kappa shape index (κ3) is 3.57. The number of aromatic nitrogens is 4. The van der Waals surface area contributed by atoms with Crippen molar-refractivity contribution in [2.24, 2.45) is 5.92 Å². The van der Waals surface area contributed by atoms with Crippen LogP contribution in [0.15, 0.2) is 36.4 Å². The first kappa shape index (κ1) is 20.1. The van der Waals surface area contributed by atoms with E-state index >= 15 is 0 Å². The molecule has 1 amide bonds. The van der Waals surface area contributed by atoms with E-state index in [1.165, 1.54) is 0 Å². The highest BCUT2D eigenvalue weighted by atomic mass is 35.5. The molecule has 0 saturated heterocycles. The van der Waals surface area contributed by atoms with Gasteiger partial charge in [-0.05, 0) is 49.2 Å². The van der Waals surface area contributed by atoms with E-state index in [1.54, 1.807) is 25.3 Å². The zero-order valence-corrected chi connectivity index (χ0v) is 18.0. The first-order chi connectivity index (χ1) is 14.4. The number of fused-ring (bicyclic) bond motifs is 3. The maximum absolute atomic E-state index is 12.6. The first-order valence-electron chi connectivity index (χ1n) is 9.66. The minimum absolute atomic E-state index is 0.131. The number of hydrogen-bond donors (Lipinski definition) is 1. The van der Waals surface area contributed by atoms with Crippen molar-refractivity contribution in [3.63, 3.8) is 0 Å². The number of ether oxygens (including phenoxy) is 1. The van der Waals surface area contributed by atoms with Crippen LogP contribution in [0.4, 0.5) is 0 Å². The second-order valence-corrected chi connectivity index (χ2v) is 7.94. The number of carbonyl (C=O) groups is 1. The van der Waals surface area contributed by atoms with Crippen molar-refractivity contribution in [3.8, 4) is 17.1 Å². The number of nitrogens with one attached hydrogen (secondary N) is 1. The van der Waals surface area contributed by atoms with Gasteiger partial charge >= 0.3 is 0 Å². The summed E-state index contributed by atoms with van der Waals surface area (Å²) in [5.41, 5.74) is 4.04. The van der Waals surface area contributed by atoms with Gasteiger partial charge in [-0.1, -0.05) is 25.4 Å². The van der Waals surface area contributed by atoms with Crippen LogP contribution in [0.25, 0.3) is 28.1 Å². The van der Waals surface area contributed by atoms with Gasteiger partial charge in [-0.3, -0.25) is 9.20 Å². The van der Waals surface area contributed by atoms with E-state index < -0.39 is 0 Å².